The van der Waals surface area contributed by atoms with Crippen molar-refractivity contribution < 1.29 is 9.53 Å². The van der Waals surface area contributed by atoms with Crippen molar-refractivity contribution >= 4 is 34.5 Å². The Morgan fingerprint density at radius 1 is 1.62 bits per heavy atom. The maximum absolute atomic E-state index is 11.2. The van der Waals surface area contributed by atoms with Gasteiger partial charge in [0.1, 0.15) is 5.88 Å². The van der Waals surface area contributed by atoms with E-state index in [1.807, 2.05) is 12.3 Å². The summed E-state index contributed by atoms with van der Waals surface area (Å²) in [4.78, 5) is 12.3. The number of unbranched alkanes of at least 4 members (excludes halogenated alkanes) is 1. The quantitative estimate of drug-likeness (QED) is 0.630. The lowest BCUT2D eigenvalue weighted by atomic mass is 10.3. The van der Waals surface area contributed by atoms with E-state index in [2.05, 4.69) is 12.2 Å². The average molecular weight is 262 g/mol. The van der Waals surface area contributed by atoms with Crippen molar-refractivity contribution in [3.05, 3.63) is 10.3 Å². The molecule has 3 nitrogen and oxygen atoms in total. The Hall–Kier alpha value is -0.740. The number of hydrogen-bond acceptors (Lipinski definition) is 3. The zero-order valence-corrected chi connectivity index (χ0v) is 11.1. The molecule has 0 aliphatic heterocycles. The van der Waals surface area contributed by atoms with Crippen molar-refractivity contribution in [3.63, 3.8) is 0 Å². The molecule has 0 unspecified atom stereocenters. The van der Waals surface area contributed by atoms with Crippen LogP contribution >= 0.6 is 22.9 Å². The molecule has 0 aliphatic rings. The number of rotatable bonds is 6. The van der Waals surface area contributed by atoms with Gasteiger partial charge in [-0.15, -0.1) is 22.9 Å². The molecule has 0 bridgehead atoms. The van der Waals surface area contributed by atoms with E-state index < -0.39 is 0 Å². The first-order chi connectivity index (χ1) is 7.69. The van der Waals surface area contributed by atoms with Crippen molar-refractivity contribution in [2.75, 3.05) is 17.8 Å². The predicted octanol–water partition coefficient (Wildman–Crippen LogP) is 3.41. The Balaban J connectivity index is 2.65. The van der Waals surface area contributed by atoms with E-state index in [0.29, 0.717) is 6.61 Å². The topological polar surface area (TPSA) is 38.3 Å². The minimum atomic E-state index is -0.205. The smallest absolute Gasteiger partial charge is 0.239 e. The summed E-state index contributed by atoms with van der Waals surface area (Å²) in [6.45, 7) is 4.73. The average Bonchev–Trinajstić information content (AvgIpc) is 2.61. The van der Waals surface area contributed by atoms with Crippen LogP contribution in [0, 0.1) is 6.92 Å². The number of anilines is 1. The Morgan fingerprint density at radius 3 is 3.00 bits per heavy atom. The van der Waals surface area contributed by atoms with Gasteiger partial charge in [0.05, 0.1) is 12.3 Å². The number of amides is 1. The minimum absolute atomic E-state index is 0.0380. The molecule has 0 fully saturated rings. The molecule has 0 saturated carbocycles. The van der Waals surface area contributed by atoms with Crippen molar-refractivity contribution in [1.29, 1.82) is 0 Å². The van der Waals surface area contributed by atoms with Crippen molar-refractivity contribution in [2.45, 2.75) is 26.7 Å². The molecule has 0 aliphatic carbocycles. The molecule has 1 aromatic rings. The normalized spacial score (nSPS) is 10.2. The molecule has 90 valence electrons. The fourth-order valence-electron chi connectivity index (χ4n) is 1.19. The van der Waals surface area contributed by atoms with Crippen LogP contribution in [0.4, 0.5) is 5.69 Å². The number of ether oxygens (including phenoxy) is 1. The Kier molecular flexibility index (Phi) is 5.63. The summed E-state index contributed by atoms with van der Waals surface area (Å²) in [5.41, 5.74) is 0.756. The molecular weight excluding hydrogens is 246 g/mol. The van der Waals surface area contributed by atoms with Crippen LogP contribution in [0.2, 0.25) is 0 Å². The lowest BCUT2D eigenvalue weighted by Gasteiger charge is -2.08. The second kappa shape index (κ2) is 6.76. The molecule has 0 aromatic carbocycles. The molecule has 1 rings (SSSR count). The fourth-order valence-corrected chi connectivity index (χ4v) is 1.99. The van der Waals surface area contributed by atoms with E-state index >= 15 is 0 Å². The Labute approximate surface area is 105 Å². The van der Waals surface area contributed by atoms with Gasteiger partial charge in [0, 0.05) is 10.3 Å². The monoisotopic (exact) mass is 261 g/mol. The maximum atomic E-state index is 11.2. The third-order valence-electron chi connectivity index (χ3n) is 2.08. The zero-order valence-electron chi connectivity index (χ0n) is 9.51. The lowest BCUT2D eigenvalue weighted by Crippen LogP contribution is -2.13. The van der Waals surface area contributed by atoms with Gasteiger partial charge in [0.15, 0.2) is 5.75 Å². The summed E-state index contributed by atoms with van der Waals surface area (Å²) in [6, 6.07) is 0. The third-order valence-corrected chi connectivity index (χ3v) is 3.21. The van der Waals surface area contributed by atoms with Gasteiger partial charge in [0.25, 0.3) is 0 Å². The standard InChI is InChI=1S/C11H16ClNO2S/c1-3-4-5-15-9-7-16-8(2)11(9)13-10(14)6-12/h7H,3-6H2,1-2H3,(H,13,14). The molecule has 0 radical (unpaired) electrons. The predicted molar refractivity (Wildman–Crippen MR) is 68.8 cm³/mol. The first kappa shape index (κ1) is 13.3. The first-order valence-electron chi connectivity index (χ1n) is 5.25. The highest BCUT2D eigenvalue weighted by Gasteiger charge is 2.12. The summed E-state index contributed by atoms with van der Waals surface area (Å²) < 4.78 is 5.60. The van der Waals surface area contributed by atoms with Crippen LogP contribution < -0.4 is 10.1 Å². The van der Waals surface area contributed by atoms with Crippen LogP contribution in [-0.2, 0) is 4.79 Å². The van der Waals surface area contributed by atoms with Gasteiger partial charge in [-0.1, -0.05) is 13.3 Å². The number of halogens is 1. The highest BCUT2D eigenvalue weighted by Crippen LogP contribution is 2.34. The molecule has 16 heavy (non-hydrogen) atoms. The highest BCUT2D eigenvalue weighted by molar-refractivity contribution is 7.10. The Bertz CT molecular complexity index is 352. The van der Waals surface area contributed by atoms with Crippen LogP contribution in [0.25, 0.3) is 0 Å². The number of carbonyl (C=O) groups is 1. The number of alkyl halides is 1. The van der Waals surface area contributed by atoms with E-state index in [4.69, 9.17) is 16.3 Å². The Morgan fingerprint density at radius 2 is 2.38 bits per heavy atom. The van der Waals surface area contributed by atoms with Crippen LogP contribution in [0.5, 0.6) is 5.75 Å². The van der Waals surface area contributed by atoms with E-state index in [-0.39, 0.29) is 11.8 Å². The molecular formula is C11H16ClNO2S. The zero-order chi connectivity index (χ0) is 12.0. The first-order valence-corrected chi connectivity index (χ1v) is 6.67. The fraction of sp³-hybridized carbons (Fsp3) is 0.545. The number of nitrogens with one attached hydrogen (secondary N) is 1. The molecule has 1 amide bonds. The summed E-state index contributed by atoms with van der Waals surface area (Å²) in [6.07, 6.45) is 2.10. The summed E-state index contributed by atoms with van der Waals surface area (Å²) >= 11 is 7.01. The van der Waals surface area contributed by atoms with Crippen LogP contribution in [0.1, 0.15) is 24.6 Å². The lowest BCUT2D eigenvalue weighted by molar-refractivity contribution is -0.113. The maximum Gasteiger partial charge on any atom is 0.239 e. The van der Waals surface area contributed by atoms with E-state index in [0.717, 1.165) is 29.2 Å². The molecule has 0 atom stereocenters. The van der Waals surface area contributed by atoms with Crippen LogP contribution in [-0.4, -0.2) is 18.4 Å². The largest absolute Gasteiger partial charge is 0.491 e. The summed E-state index contributed by atoms with van der Waals surface area (Å²) in [5.74, 6) is 0.502. The van der Waals surface area contributed by atoms with Gasteiger partial charge in [-0.25, -0.2) is 0 Å². The highest BCUT2D eigenvalue weighted by atomic mass is 35.5. The van der Waals surface area contributed by atoms with Crippen molar-refractivity contribution in [3.8, 4) is 5.75 Å². The van der Waals surface area contributed by atoms with E-state index in [1.54, 1.807) is 11.3 Å². The van der Waals surface area contributed by atoms with E-state index in [9.17, 15) is 4.79 Å². The van der Waals surface area contributed by atoms with Crippen LogP contribution in [0.3, 0.4) is 0 Å². The number of carbonyl (C=O) groups excluding carboxylic acids is 1. The number of hydrogen-bond donors (Lipinski definition) is 1. The van der Waals surface area contributed by atoms with Gasteiger partial charge in [-0.05, 0) is 13.3 Å². The van der Waals surface area contributed by atoms with E-state index in [1.165, 1.54) is 0 Å². The van der Waals surface area contributed by atoms with Crippen molar-refractivity contribution in [2.24, 2.45) is 0 Å². The van der Waals surface area contributed by atoms with Gasteiger partial charge in [0.2, 0.25) is 5.91 Å². The van der Waals surface area contributed by atoms with Gasteiger partial charge < -0.3 is 10.1 Å². The molecule has 1 N–H and O–H groups in total. The summed E-state index contributed by atoms with van der Waals surface area (Å²) in [7, 11) is 0. The van der Waals surface area contributed by atoms with Crippen LogP contribution in [0.15, 0.2) is 5.38 Å². The molecule has 5 heteroatoms. The molecule has 0 saturated heterocycles. The summed E-state index contributed by atoms with van der Waals surface area (Å²) in [5, 5.41) is 4.66. The van der Waals surface area contributed by atoms with Gasteiger partial charge in [-0.3, -0.25) is 4.79 Å². The SMILES string of the molecule is CCCCOc1csc(C)c1NC(=O)CCl. The second-order valence-electron chi connectivity index (χ2n) is 3.41. The van der Waals surface area contributed by atoms with Gasteiger partial charge >= 0.3 is 0 Å². The second-order valence-corrected chi connectivity index (χ2v) is 4.77. The minimum Gasteiger partial charge on any atom is -0.491 e. The van der Waals surface area contributed by atoms with Crippen molar-refractivity contribution in [1.82, 2.24) is 0 Å². The third kappa shape index (κ3) is 3.68. The number of thiophene rings is 1. The molecule has 1 aromatic heterocycles. The molecule has 0 spiro atoms. The number of aryl methyl sites for hydroxylation is 1. The van der Waals surface area contributed by atoms with Gasteiger partial charge in [-0.2, -0.15) is 0 Å². The molecule has 1 heterocycles.